The van der Waals surface area contributed by atoms with E-state index in [4.69, 9.17) is 5.73 Å². The van der Waals surface area contributed by atoms with Crippen LogP contribution in [-0.4, -0.2) is 81.0 Å². The second-order valence-corrected chi connectivity index (χ2v) is 11.7. The van der Waals surface area contributed by atoms with Gasteiger partial charge in [0.25, 0.3) is 0 Å². The summed E-state index contributed by atoms with van der Waals surface area (Å²) in [5.74, 6) is -1.70. The van der Waals surface area contributed by atoms with E-state index in [1.165, 1.54) is 16.7 Å². The molecule has 188 valence electrons. The summed E-state index contributed by atoms with van der Waals surface area (Å²) in [6.07, 6.45) is 2.18. The number of nitrogens with two attached hydrogens (primary N) is 1. The molecule has 0 bridgehead atoms. The van der Waals surface area contributed by atoms with Gasteiger partial charge in [-0.1, -0.05) is 20.8 Å². The number of hydrogen-bond acceptors (Lipinski definition) is 7. The number of fused-ring (bicyclic) bond motifs is 1. The van der Waals surface area contributed by atoms with Crippen LogP contribution in [0, 0.1) is 17.8 Å². The van der Waals surface area contributed by atoms with Crippen LogP contribution >= 0.6 is 11.8 Å². The molecular formula is C24H36N4O5S. The lowest BCUT2D eigenvalue weighted by Crippen LogP contribution is -2.62. The van der Waals surface area contributed by atoms with Crippen LogP contribution in [0.2, 0.25) is 0 Å². The molecule has 3 fully saturated rings. The van der Waals surface area contributed by atoms with Gasteiger partial charge in [-0.2, -0.15) is 0 Å². The van der Waals surface area contributed by atoms with Gasteiger partial charge in [0.2, 0.25) is 11.8 Å². The first-order valence-electron chi connectivity index (χ1n) is 12.3. The molecule has 0 aromatic heterocycles. The number of rotatable bonds is 8. The second kappa shape index (κ2) is 9.62. The van der Waals surface area contributed by atoms with Gasteiger partial charge < -0.3 is 26.0 Å². The Kier molecular flexibility index (Phi) is 7.13. The van der Waals surface area contributed by atoms with Crippen LogP contribution in [0.5, 0.6) is 0 Å². The van der Waals surface area contributed by atoms with E-state index in [0.717, 1.165) is 6.42 Å². The predicted molar refractivity (Wildman–Crippen MR) is 129 cm³/mol. The molecule has 4 rings (SSSR count). The number of nitrogens with zero attached hydrogens (tertiary/aromatic N) is 2. The standard InChI is InChI=1S/C24H36N4O5S/c1-5-15(29)6-11(2)18-19-13(4)21(20(24(32)33)28(19)23(18)31)34-16-8-17(26-9-16)22(30)27-10-14(25)7-12(27)3/h11-14,16-19,26H,5-10,25H2,1-4H3,(H,32,33)/t11-,12+,13+,14-,16-,17-,18+,19+/m0/s1. The molecule has 4 heterocycles. The van der Waals surface area contributed by atoms with Crippen LogP contribution in [0.3, 0.4) is 0 Å². The molecule has 2 amide bonds. The number of amides is 2. The van der Waals surface area contributed by atoms with Gasteiger partial charge in [0.05, 0.1) is 18.0 Å². The Morgan fingerprint density at radius 3 is 2.56 bits per heavy atom. The van der Waals surface area contributed by atoms with Gasteiger partial charge >= 0.3 is 5.97 Å². The zero-order chi connectivity index (χ0) is 24.9. The Balaban J connectivity index is 1.45. The maximum absolute atomic E-state index is 13.0. The summed E-state index contributed by atoms with van der Waals surface area (Å²) < 4.78 is 0. The van der Waals surface area contributed by atoms with Crippen LogP contribution in [0.1, 0.15) is 53.4 Å². The molecule has 3 saturated heterocycles. The first-order chi connectivity index (χ1) is 16.0. The van der Waals surface area contributed by atoms with Crippen LogP contribution in [0.15, 0.2) is 10.6 Å². The zero-order valence-corrected chi connectivity index (χ0v) is 21.1. The van der Waals surface area contributed by atoms with Gasteiger partial charge in [0.1, 0.15) is 11.5 Å². The highest BCUT2D eigenvalue weighted by Gasteiger charge is 2.60. The monoisotopic (exact) mass is 492 g/mol. The Morgan fingerprint density at radius 2 is 1.97 bits per heavy atom. The highest BCUT2D eigenvalue weighted by molar-refractivity contribution is 8.03. The van der Waals surface area contributed by atoms with Gasteiger partial charge in [-0.15, -0.1) is 11.8 Å². The second-order valence-electron chi connectivity index (χ2n) is 10.4. The van der Waals surface area contributed by atoms with Crippen molar-refractivity contribution in [3.63, 3.8) is 0 Å². The maximum atomic E-state index is 13.0. The number of likely N-dealkylation sites (tertiary alicyclic amines) is 1. The maximum Gasteiger partial charge on any atom is 0.353 e. The number of β-lactam (4-membered cyclic amide) rings is 1. The minimum atomic E-state index is -1.10. The van der Waals surface area contributed by atoms with E-state index in [-0.39, 0.29) is 70.5 Å². The topological polar surface area (TPSA) is 133 Å². The number of carboxylic acids is 1. The Morgan fingerprint density at radius 1 is 1.26 bits per heavy atom. The molecule has 0 aromatic rings. The van der Waals surface area contributed by atoms with Gasteiger partial charge in [0.15, 0.2) is 0 Å². The number of nitrogens with one attached hydrogen (secondary N) is 1. The summed E-state index contributed by atoms with van der Waals surface area (Å²) in [6.45, 7) is 8.88. The van der Waals surface area contributed by atoms with Crippen molar-refractivity contribution < 1.29 is 24.3 Å². The minimum absolute atomic E-state index is 0.0122. The van der Waals surface area contributed by atoms with E-state index in [2.05, 4.69) is 5.32 Å². The average Bonchev–Trinajstić information content (AvgIpc) is 3.43. The molecule has 0 unspecified atom stereocenters. The molecule has 0 aliphatic carbocycles. The Labute approximate surface area is 204 Å². The first-order valence-corrected chi connectivity index (χ1v) is 13.2. The number of thioether (sulfide) groups is 1. The predicted octanol–water partition coefficient (Wildman–Crippen LogP) is 1.18. The normalized spacial score (nSPS) is 36.0. The third kappa shape index (κ3) is 4.28. The quantitative estimate of drug-likeness (QED) is 0.430. The lowest BCUT2D eigenvalue weighted by Gasteiger charge is -2.47. The zero-order valence-electron chi connectivity index (χ0n) is 20.3. The molecule has 0 radical (unpaired) electrons. The van der Waals surface area contributed by atoms with E-state index >= 15 is 0 Å². The first kappa shape index (κ1) is 25.2. The van der Waals surface area contributed by atoms with Crippen LogP contribution in [0.25, 0.3) is 0 Å². The summed E-state index contributed by atoms with van der Waals surface area (Å²) in [5.41, 5.74) is 6.10. The van der Waals surface area contributed by atoms with Crippen molar-refractivity contribution in [2.45, 2.75) is 82.8 Å². The fourth-order valence-electron chi connectivity index (χ4n) is 6.14. The number of carbonyl (C=O) groups is 4. The molecule has 4 N–H and O–H groups in total. The number of ketones is 1. The van der Waals surface area contributed by atoms with E-state index in [1.54, 1.807) is 0 Å². The highest BCUT2D eigenvalue weighted by Crippen LogP contribution is 2.53. The van der Waals surface area contributed by atoms with Crippen molar-refractivity contribution in [3.8, 4) is 0 Å². The summed E-state index contributed by atoms with van der Waals surface area (Å²) in [4.78, 5) is 54.1. The third-order valence-electron chi connectivity index (χ3n) is 7.92. The average molecular weight is 493 g/mol. The third-order valence-corrected chi connectivity index (χ3v) is 9.43. The molecule has 9 nitrogen and oxygen atoms in total. The molecule has 0 aromatic carbocycles. The fourth-order valence-corrected chi connectivity index (χ4v) is 7.62. The van der Waals surface area contributed by atoms with Crippen LogP contribution in [0.4, 0.5) is 0 Å². The summed E-state index contributed by atoms with van der Waals surface area (Å²) in [5, 5.41) is 13.3. The molecule has 0 spiro atoms. The van der Waals surface area contributed by atoms with Crippen molar-refractivity contribution in [2.75, 3.05) is 13.1 Å². The van der Waals surface area contributed by atoms with Crippen molar-refractivity contribution in [1.29, 1.82) is 0 Å². The van der Waals surface area contributed by atoms with Crippen LogP contribution < -0.4 is 11.1 Å². The number of aliphatic carboxylic acids is 1. The molecule has 10 heteroatoms. The summed E-state index contributed by atoms with van der Waals surface area (Å²) in [6, 6.07) is -0.389. The fraction of sp³-hybridized carbons (Fsp3) is 0.750. The number of carbonyl (C=O) groups excluding carboxylic acids is 3. The molecular weight excluding hydrogens is 456 g/mol. The van der Waals surface area contributed by atoms with Gasteiger partial charge in [0, 0.05) is 54.1 Å². The van der Waals surface area contributed by atoms with Crippen molar-refractivity contribution in [3.05, 3.63) is 10.6 Å². The highest BCUT2D eigenvalue weighted by atomic mass is 32.2. The van der Waals surface area contributed by atoms with E-state index < -0.39 is 5.97 Å². The van der Waals surface area contributed by atoms with Crippen LogP contribution in [-0.2, 0) is 19.2 Å². The lowest BCUT2D eigenvalue weighted by atomic mass is 9.73. The lowest BCUT2D eigenvalue weighted by molar-refractivity contribution is -0.160. The summed E-state index contributed by atoms with van der Waals surface area (Å²) in [7, 11) is 0. The van der Waals surface area contributed by atoms with Gasteiger partial charge in [-0.05, 0) is 25.7 Å². The Bertz CT molecular complexity index is 923. The number of carboxylic acid groups (broad SMARTS) is 1. The molecule has 4 aliphatic heterocycles. The molecule has 34 heavy (non-hydrogen) atoms. The van der Waals surface area contributed by atoms with E-state index in [0.29, 0.717) is 37.3 Å². The van der Waals surface area contributed by atoms with Crippen molar-refractivity contribution in [1.82, 2.24) is 15.1 Å². The van der Waals surface area contributed by atoms with Gasteiger partial charge in [-0.3, -0.25) is 14.4 Å². The minimum Gasteiger partial charge on any atom is -0.477 e. The van der Waals surface area contributed by atoms with Crippen molar-refractivity contribution >= 4 is 35.3 Å². The SMILES string of the molecule is CCC(=O)C[C@H](C)[C@H]1C(=O)N2C(C(=O)O)=C(S[C@@H]3CN[C@H](C(=O)N4C[C@@H](N)C[C@H]4C)C3)[C@H](C)[C@H]12. The van der Waals surface area contributed by atoms with E-state index in [9.17, 15) is 24.3 Å². The number of Topliss-reactive ketones (excluding diaryl/α,β-unsaturated/α-hetero) is 1. The smallest absolute Gasteiger partial charge is 0.353 e. The molecule has 0 saturated carbocycles. The van der Waals surface area contributed by atoms with Gasteiger partial charge in [-0.25, -0.2) is 4.79 Å². The Hall–Kier alpha value is -1.91. The largest absolute Gasteiger partial charge is 0.477 e. The summed E-state index contributed by atoms with van der Waals surface area (Å²) >= 11 is 1.49. The van der Waals surface area contributed by atoms with Crippen molar-refractivity contribution in [2.24, 2.45) is 23.5 Å². The molecule has 8 atom stereocenters. The number of hydrogen-bond donors (Lipinski definition) is 3. The molecule has 4 aliphatic rings. The van der Waals surface area contributed by atoms with E-state index in [1.807, 2.05) is 32.6 Å².